The van der Waals surface area contributed by atoms with Crippen LogP contribution < -0.4 is 0 Å². The molecular formula is C18H27OS+. The topological polar surface area (TPSA) is 17.1 Å². The Bertz CT molecular complexity index is 468. The van der Waals surface area contributed by atoms with Gasteiger partial charge in [0.05, 0.1) is 5.41 Å². The first kappa shape index (κ1) is 13.4. The fourth-order valence-electron chi connectivity index (χ4n) is 6.39. The fraction of sp³-hybridized carbons (Fsp3) is 0.833. The van der Waals surface area contributed by atoms with Crippen LogP contribution in [0.3, 0.4) is 0 Å². The molecule has 0 amide bonds. The molecule has 0 radical (unpaired) electrons. The standard InChI is InChI=1S/C18H27OS/c1-4-9-20-14-6-5-12(10-14)16(20)18-8-7-13(11-15(18)19)17(18,2)3/h4,12-14,16H,1,5-11H2,2-3H3/q+1/t12?,13-,14?,16?,18+,20?/m1/s1. The molecule has 3 aliphatic carbocycles. The van der Waals surface area contributed by atoms with Crippen molar-refractivity contribution in [1.82, 2.24) is 0 Å². The zero-order valence-electron chi connectivity index (χ0n) is 12.9. The Balaban J connectivity index is 1.79. The molecule has 0 aromatic carbocycles. The summed E-state index contributed by atoms with van der Waals surface area (Å²) in [4.78, 5) is 13.0. The maximum atomic E-state index is 13.0. The van der Waals surface area contributed by atoms with Crippen molar-refractivity contribution in [3.05, 3.63) is 12.7 Å². The molecule has 0 N–H and O–H groups in total. The smallest absolute Gasteiger partial charge is 0.144 e. The number of hydrogen-bond donors (Lipinski definition) is 0. The van der Waals surface area contributed by atoms with Crippen LogP contribution in [0.15, 0.2) is 12.7 Å². The van der Waals surface area contributed by atoms with Crippen molar-refractivity contribution in [1.29, 1.82) is 0 Å². The summed E-state index contributed by atoms with van der Waals surface area (Å²) in [5.74, 6) is 3.33. The van der Waals surface area contributed by atoms with Gasteiger partial charge < -0.3 is 0 Å². The van der Waals surface area contributed by atoms with Crippen molar-refractivity contribution in [3.8, 4) is 0 Å². The first-order chi connectivity index (χ1) is 9.52. The lowest BCUT2D eigenvalue weighted by Crippen LogP contribution is -2.53. The Morgan fingerprint density at radius 3 is 2.75 bits per heavy atom. The Kier molecular flexibility index (Phi) is 2.79. The van der Waals surface area contributed by atoms with Crippen LogP contribution in [-0.2, 0) is 15.7 Å². The van der Waals surface area contributed by atoms with E-state index >= 15 is 0 Å². The molecular weight excluding hydrogens is 264 g/mol. The molecule has 3 saturated carbocycles. The number of carbonyl (C=O) groups excluding carboxylic acids is 1. The molecule has 20 heavy (non-hydrogen) atoms. The van der Waals surface area contributed by atoms with E-state index in [2.05, 4.69) is 26.5 Å². The molecule has 2 heteroatoms. The van der Waals surface area contributed by atoms with Gasteiger partial charge in [-0.3, -0.25) is 4.79 Å². The lowest BCUT2D eigenvalue weighted by molar-refractivity contribution is -0.130. The van der Waals surface area contributed by atoms with E-state index in [0.717, 1.165) is 17.6 Å². The first-order valence-corrected chi connectivity index (χ1v) is 9.87. The van der Waals surface area contributed by atoms with Crippen LogP contribution in [0.4, 0.5) is 0 Å². The minimum atomic E-state index is 0.0453. The van der Waals surface area contributed by atoms with Gasteiger partial charge in [0.25, 0.3) is 0 Å². The summed E-state index contributed by atoms with van der Waals surface area (Å²) in [6.45, 7) is 8.83. The van der Waals surface area contributed by atoms with E-state index in [1.54, 1.807) is 0 Å². The normalized spacial score (nSPS) is 51.9. The quantitative estimate of drug-likeness (QED) is 0.572. The fourth-order valence-corrected chi connectivity index (χ4v) is 10.3. The van der Waals surface area contributed by atoms with Crippen LogP contribution in [0, 0.1) is 22.7 Å². The summed E-state index contributed by atoms with van der Waals surface area (Å²) < 4.78 is 0. The Morgan fingerprint density at radius 1 is 1.35 bits per heavy atom. The Morgan fingerprint density at radius 2 is 2.15 bits per heavy atom. The lowest BCUT2D eigenvalue weighted by atomic mass is 9.64. The van der Waals surface area contributed by atoms with Crippen LogP contribution in [-0.4, -0.2) is 22.0 Å². The first-order valence-electron chi connectivity index (χ1n) is 8.35. The molecule has 4 fully saturated rings. The predicted octanol–water partition coefficient (Wildman–Crippen LogP) is 3.74. The van der Waals surface area contributed by atoms with Crippen LogP contribution >= 0.6 is 0 Å². The van der Waals surface area contributed by atoms with Gasteiger partial charge in [0, 0.05) is 18.8 Å². The van der Waals surface area contributed by atoms with Crippen molar-refractivity contribution < 1.29 is 4.79 Å². The molecule has 0 aromatic heterocycles. The molecule has 4 rings (SSSR count). The summed E-state index contributed by atoms with van der Waals surface area (Å²) >= 11 is 0. The molecule has 4 bridgehead atoms. The summed E-state index contributed by atoms with van der Waals surface area (Å²) in [6, 6.07) is 0. The molecule has 0 aromatic rings. The number of rotatable bonds is 3. The second kappa shape index (κ2) is 4.15. The van der Waals surface area contributed by atoms with Gasteiger partial charge in [-0.2, -0.15) is 0 Å². The Labute approximate surface area is 125 Å². The number of ketones is 1. The third-order valence-electron chi connectivity index (χ3n) is 7.39. The zero-order valence-corrected chi connectivity index (χ0v) is 13.7. The summed E-state index contributed by atoms with van der Waals surface area (Å²) in [6.07, 6.45) is 9.74. The van der Waals surface area contributed by atoms with Gasteiger partial charge in [-0.15, -0.1) is 0 Å². The molecule has 6 atom stereocenters. The minimum Gasteiger partial charge on any atom is -0.299 e. The van der Waals surface area contributed by atoms with Crippen LogP contribution in [0.2, 0.25) is 0 Å². The van der Waals surface area contributed by atoms with Crippen molar-refractivity contribution in [2.75, 3.05) is 5.75 Å². The second-order valence-electron chi connectivity index (χ2n) is 8.10. The van der Waals surface area contributed by atoms with Gasteiger partial charge in [-0.1, -0.05) is 20.4 Å². The van der Waals surface area contributed by atoms with E-state index < -0.39 is 0 Å². The summed E-state index contributed by atoms with van der Waals surface area (Å²) in [5.41, 5.74) is 0.301. The van der Waals surface area contributed by atoms with E-state index in [1.807, 2.05) is 0 Å². The predicted molar refractivity (Wildman–Crippen MR) is 85.9 cm³/mol. The third-order valence-corrected chi connectivity index (χ3v) is 10.7. The van der Waals surface area contributed by atoms with Crippen molar-refractivity contribution in [2.45, 2.75) is 62.9 Å². The van der Waals surface area contributed by atoms with E-state index in [0.29, 0.717) is 27.8 Å². The van der Waals surface area contributed by atoms with E-state index in [9.17, 15) is 4.79 Å². The van der Waals surface area contributed by atoms with Gasteiger partial charge in [0.2, 0.25) is 0 Å². The van der Waals surface area contributed by atoms with Crippen molar-refractivity contribution in [3.63, 3.8) is 0 Å². The number of fused-ring (bicyclic) bond motifs is 4. The number of hydrogen-bond acceptors (Lipinski definition) is 1. The molecule has 4 unspecified atom stereocenters. The maximum absolute atomic E-state index is 13.0. The summed E-state index contributed by atoms with van der Waals surface area (Å²) in [7, 11) is 0.438. The Hall–Kier alpha value is -0.240. The van der Waals surface area contributed by atoms with Crippen molar-refractivity contribution in [2.24, 2.45) is 22.7 Å². The SMILES string of the molecule is C=CC[S+]1C2CCC(C2)C1[C@]12CC[C@H](CC1=O)C2(C)C. The van der Waals surface area contributed by atoms with Gasteiger partial charge in [0.15, 0.2) is 0 Å². The van der Waals surface area contributed by atoms with Crippen LogP contribution in [0.5, 0.6) is 0 Å². The molecule has 0 spiro atoms. The van der Waals surface area contributed by atoms with E-state index in [4.69, 9.17) is 0 Å². The average Bonchev–Trinajstić information content (AvgIpc) is 3.09. The minimum absolute atomic E-state index is 0.0453. The molecule has 1 aliphatic heterocycles. The highest BCUT2D eigenvalue weighted by Crippen LogP contribution is 2.70. The van der Waals surface area contributed by atoms with Gasteiger partial charge in [0.1, 0.15) is 22.0 Å². The van der Waals surface area contributed by atoms with E-state index in [-0.39, 0.29) is 10.8 Å². The van der Waals surface area contributed by atoms with Crippen molar-refractivity contribution >= 4 is 16.7 Å². The largest absolute Gasteiger partial charge is 0.299 e. The molecule has 1 nitrogen and oxygen atoms in total. The highest BCUT2D eigenvalue weighted by atomic mass is 32.2. The number of carbonyl (C=O) groups is 1. The highest BCUT2D eigenvalue weighted by molar-refractivity contribution is 7.98. The van der Waals surface area contributed by atoms with Gasteiger partial charge >= 0.3 is 0 Å². The van der Waals surface area contributed by atoms with Gasteiger partial charge in [-0.05, 0) is 54.0 Å². The molecule has 4 aliphatic rings. The molecule has 1 heterocycles. The van der Waals surface area contributed by atoms with Crippen LogP contribution in [0.1, 0.15) is 52.4 Å². The maximum Gasteiger partial charge on any atom is 0.144 e. The zero-order chi connectivity index (χ0) is 14.1. The average molecular weight is 291 g/mol. The molecule has 110 valence electrons. The van der Waals surface area contributed by atoms with Crippen LogP contribution in [0.25, 0.3) is 0 Å². The molecule has 1 saturated heterocycles. The second-order valence-corrected chi connectivity index (χ2v) is 10.5. The van der Waals surface area contributed by atoms with E-state index in [1.165, 1.54) is 37.9 Å². The third kappa shape index (κ3) is 1.35. The monoisotopic (exact) mass is 291 g/mol. The van der Waals surface area contributed by atoms with Gasteiger partial charge in [-0.25, -0.2) is 0 Å². The lowest BCUT2D eigenvalue weighted by Gasteiger charge is -2.43. The summed E-state index contributed by atoms with van der Waals surface area (Å²) in [5, 5.41) is 1.62. The highest BCUT2D eigenvalue weighted by Gasteiger charge is 2.75. The number of Topliss-reactive ketones (excluding diaryl/α,β-unsaturated/α-hetero) is 1.